The van der Waals surface area contributed by atoms with Gasteiger partial charge in [-0.3, -0.25) is 0 Å². The summed E-state index contributed by atoms with van der Waals surface area (Å²) in [7, 11) is 0. The fraction of sp³-hybridized carbons (Fsp3) is 0. The number of rotatable bonds is 1. The summed E-state index contributed by atoms with van der Waals surface area (Å²) in [4.78, 5) is 11.0. The number of nitrogens with zero attached hydrogens (tertiary/aromatic N) is 2. The molecule has 0 heterocycles. The molecule has 0 aliphatic rings. The van der Waals surface area contributed by atoms with Crippen LogP contribution in [-0.2, 0) is 0 Å². The van der Waals surface area contributed by atoms with Crippen molar-refractivity contribution < 1.29 is 9.90 Å². The number of carboxylic acids is 1. The Morgan fingerprint density at radius 1 is 1.12 bits per heavy atom. The summed E-state index contributed by atoms with van der Waals surface area (Å²) >= 11 is 0. The number of benzene rings is 2. The van der Waals surface area contributed by atoms with E-state index in [0.29, 0.717) is 16.3 Å². The first kappa shape index (κ1) is 10.7. The fourth-order valence-corrected chi connectivity index (χ4v) is 1.69. The van der Waals surface area contributed by atoms with Crippen molar-refractivity contribution in [1.29, 1.82) is 10.5 Å². The van der Waals surface area contributed by atoms with Gasteiger partial charge in [-0.2, -0.15) is 10.5 Å². The third-order valence-corrected chi connectivity index (χ3v) is 2.49. The van der Waals surface area contributed by atoms with E-state index in [2.05, 4.69) is 0 Å². The molecule has 0 unspecified atom stereocenters. The quantitative estimate of drug-likeness (QED) is 0.802. The van der Waals surface area contributed by atoms with Crippen molar-refractivity contribution in [1.82, 2.24) is 0 Å². The van der Waals surface area contributed by atoms with Crippen LogP contribution < -0.4 is 0 Å². The number of carboxylic acid groups (broad SMARTS) is 1. The van der Waals surface area contributed by atoms with Gasteiger partial charge in [0.25, 0.3) is 0 Å². The van der Waals surface area contributed by atoms with Crippen LogP contribution in [0, 0.1) is 22.7 Å². The lowest BCUT2D eigenvalue weighted by Gasteiger charge is -2.03. The van der Waals surface area contributed by atoms with Gasteiger partial charge in [0.15, 0.2) is 0 Å². The van der Waals surface area contributed by atoms with Gasteiger partial charge in [-0.15, -0.1) is 0 Å². The summed E-state index contributed by atoms with van der Waals surface area (Å²) in [5.41, 5.74) is 0.443. The maximum Gasteiger partial charge on any atom is 0.337 e. The van der Waals surface area contributed by atoms with Gasteiger partial charge in [-0.25, -0.2) is 4.79 Å². The van der Waals surface area contributed by atoms with Crippen LogP contribution in [0.3, 0.4) is 0 Å². The lowest BCUT2D eigenvalue weighted by molar-refractivity contribution is 0.0696. The number of fused-ring (bicyclic) bond motifs is 1. The van der Waals surface area contributed by atoms with Crippen LogP contribution in [0.2, 0.25) is 0 Å². The highest BCUT2D eigenvalue weighted by molar-refractivity contribution is 5.98. The van der Waals surface area contributed by atoms with E-state index in [1.54, 1.807) is 18.2 Å². The summed E-state index contributed by atoms with van der Waals surface area (Å²) in [6, 6.07) is 11.7. The molecule has 4 heteroatoms. The molecule has 2 aromatic rings. The SMILES string of the molecule is N#Cc1cc2c(C#N)cccc2cc1C(=O)O. The molecule has 0 atom stereocenters. The number of hydrogen-bond acceptors (Lipinski definition) is 3. The standard InChI is InChI=1S/C13H6N2O2/c14-6-9-3-1-2-8-4-12(13(16)17)10(7-15)5-11(8)9/h1-5H,(H,16,17). The van der Waals surface area contributed by atoms with Crippen LogP contribution in [-0.4, -0.2) is 11.1 Å². The zero-order chi connectivity index (χ0) is 12.4. The van der Waals surface area contributed by atoms with E-state index in [4.69, 9.17) is 15.6 Å². The first-order valence-corrected chi connectivity index (χ1v) is 4.77. The molecule has 0 amide bonds. The molecule has 0 bridgehead atoms. The summed E-state index contributed by atoms with van der Waals surface area (Å²) in [5.74, 6) is -1.15. The summed E-state index contributed by atoms with van der Waals surface area (Å²) in [6.07, 6.45) is 0. The van der Waals surface area contributed by atoms with Crippen molar-refractivity contribution in [3.63, 3.8) is 0 Å². The van der Waals surface area contributed by atoms with Crippen LogP contribution in [0.5, 0.6) is 0 Å². The predicted octanol–water partition coefficient (Wildman–Crippen LogP) is 2.28. The number of nitriles is 2. The minimum absolute atomic E-state index is 0.0462. The molecule has 0 fully saturated rings. The van der Waals surface area contributed by atoms with Crippen LogP contribution in [0.15, 0.2) is 30.3 Å². The third kappa shape index (κ3) is 1.68. The van der Waals surface area contributed by atoms with Crippen LogP contribution >= 0.6 is 0 Å². The highest BCUT2D eigenvalue weighted by atomic mass is 16.4. The zero-order valence-corrected chi connectivity index (χ0v) is 8.64. The van der Waals surface area contributed by atoms with E-state index in [1.807, 2.05) is 12.1 Å². The Bertz CT molecular complexity index is 706. The predicted molar refractivity (Wildman–Crippen MR) is 60.3 cm³/mol. The molecule has 0 radical (unpaired) electrons. The molecule has 80 valence electrons. The van der Waals surface area contributed by atoms with Crippen molar-refractivity contribution >= 4 is 16.7 Å². The molecule has 4 nitrogen and oxygen atoms in total. The van der Waals surface area contributed by atoms with E-state index in [0.717, 1.165) is 0 Å². The number of hydrogen-bond donors (Lipinski definition) is 1. The molecule has 2 aromatic carbocycles. The van der Waals surface area contributed by atoms with Crippen LogP contribution in [0.4, 0.5) is 0 Å². The third-order valence-electron chi connectivity index (χ3n) is 2.49. The summed E-state index contributed by atoms with van der Waals surface area (Å²) in [5, 5.41) is 28.0. The van der Waals surface area contributed by atoms with Gasteiger partial charge in [0, 0.05) is 5.39 Å². The molecule has 0 aliphatic carbocycles. The normalized spacial score (nSPS) is 9.53. The molecular weight excluding hydrogens is 216 g/mol. The summed E-state index contributed by atoms with van der Waals surface area (Å²) < 4.78 is 0. The smallest absolute Gasteiger partial charge is 0.337 e. The second-order valence-electron chi connectivity index (χ2n) is 3.45. The van der Waals surface area contributed by atoms with Gasteiger partial charge in [0.2, 0.25) is 0 Å². The van der Waals surface area contributed by atoms with Crippen molar-refractivity contribution in [2.45, 2.75) is 0 Å². The lowest BCUT2D eigenvalue weighted by atomic mass is 9.98. The van der Waals surface area contributed by atoms with Crippen LogP contribution in [0.1, 0.15) is 21.5 Å². The Morgan fingerprint density at radius 3 is 2.41 bits per heavy atom. The van der Waals surface area contributed by atoms with Crippen molar-refractivity contribution in [2.75, 3.05) is 0 Å². The largest absolute Gasteiger partial charge is 0.478 e. The molecule has 0 saturated carbocycles. The van der Waals surface area contributed by atoms with E-state index < -0.39 is 5.97 Å². The van der Waals surface area contributed by atoms with E-state index in [9.17, 15) is 4.79 Å². The Kier molecular flexibility index (Phi) is 2.48. The number of aromatic carboxylic acids is 1. The van der Waals surface area contributed by atoms with Gasteiger partial charge in [0.05, 0.1) is 22.8 Å². The van der Waals surface area contributed by atoms with E-state index in [-0.39, 0.29) is 11.1 Å². The van der Waals surface area contributed by atoms with Gasteiger partial charge in [-0.05, 0) is 23.6 Å². The molecule has 0 spiro atoms. The molecule has 1 N–H and O–H groups in total. The maximum absolute atomic E-state index is 11.0. The van der Waals surface area contributed by atoms with E-state index in [1.165, 1.54) is 12.1 Å². The van der Waals surface area contributed by atoms with Gasteiger partial charge in [-0.1, -0.05) is 12.1 Å². The van der Waals surface area contributed by atoms with Gasteiger partial charge in [0.1, 0.15) is 6.07 Å². The highest BCUT2D eigenvalue weighted by Crippen LogP contribution is 2.23. The zero-order valence-electron chi connectivity index (χ0n) is 8.64. The Hall–Kier alpha value is -2.85. The van der Waals surface area contributed by atoms with Crippen molar-refractivity contribution in [3.8, 4) is 12.1 Å². The second kappa shape index (κ2) is 3.96. The average molecular weight is 222 g/mol. The molecule has 17 heavy (non-hydrogen) atoms. The Labute approximate surface area is 96.9 Å². The van der Waals surface area contributed by atoms with Gasteiger partial charge >= 0.3 is 5.97 Å². The van der Waals surface area contributed by atoms with Gasteiger partial charge < -0.3 is 5.11 Å². The summed E-state index contributed by atoms with van der Waals surface area (Å²) in [6.45, 7) is 0. The molecule has 0 aromatic heterocycles. The fourth-order valence-electron chi connectivity index (χ4n) is 1.69. The second-order valence-corrected chi connectivity index (χ2v) is 3.45. The maximum atomic E-state index is 11.0. The molecular formula is C13H6N2O2. The first-order chi connectivity index (χ1) is 8.17. The lowest BCUT2D eigenvalue weighted by Crippen LogP contribution is -2.00. The molecule has 2 rings (SSSR count). The highest BCUT2D eigenvalue weighted by Gasteiger charge is 2.12. The Morgan fingerprint density at radius 2 is 1.82 bits per heavy atom. The topological polar surface area (TPSA) is 84.9 Å². The average Bonchev–Trinajstić information content (AvgIpc) is 2.36. The minimum atomic E-state index is -1.15. The van der Waals surface area contributed by atoms with Crippen molar-refractivity contribution in [2.24, 2.45) is 0 Å². The first-order valence-electron chi connectivity index (χ1n) is 4.77. The van der Waals surface area contributed by atoms with Crippen LogP contribution in [0.25, 0.3) is 10.8 Å². The molecule has 0 aliphatic heterocycles. The monoisotopic (exact) mass is 222 g/mol. The minimum Gasteiger partial charge on any atom is -0.478 e. The van der Waals surface area contributed by atoms with Crippen molar-refractivity contribution in [3.05, 3.63) is 47.0 Å². The van der Waals surface area contributed by atoms with E-state index >= 15 is 0 Å². The Balaban J connectivity index is 2.90. The number of carbonyl (C=O) groups is 1. The molecule has 0 saturated heterocycles.